The van der Waals surface area contributed by atoms with E-state index in [0.29, 0.717) is 5.92 Å². The van der Waals surface area contributed by atoms with Crippen molar-refractivity contribution in [3.8, 4) is 0 Å². The second-order valence-corrected chi connectivity index (χ2v) is 6.19. The fraction of sp³-hybridized carbons (Fsp3) is 0.250. The van der Waals surface area contributed by atoms with Gasteiger partial charge in [0, 0.05) is 21.7 Å². The summed E-state index contributed by atoms with van der Waals surface area (Å²) in [7, 11) is 0. The molecule has 0 atom stereocenters. The highest BCUT2D eigenvalue weighted by atomic mass is 79.9. The lowest BCUT2D eigenvalue weighted by Gasteiger charge is -2.10. The molecule has 0 aromatic heterocycles. The number of benzene rings is 2. The minimum Gasteiger partial charge on any atom is -0.381 e. The summed E-state index contributed by atoms with van der Waals surface area (Å²) in [6.07, 6.45) is 0. The summed E-state index contributed by atoms with van der Waals surface area (Å²) >= 11 is 9.60. The molecule has 0 radical (unpaired) electrons. The summed E-state index contributed by atoms with van der Waals surface area (Å²) in [6, 6.07) is 14.5. The number of rotatable bonds is 4. The smallest absolute Gasteiger partial charge is 0.0467 e. The topological polar surface area (TPSA) is 12.0 Å². The van der Waals surface area contributed by atoms with Crippen LogP contribution >= 0.6 is 27.5 Å². The van der Waals surface area contributed by atoms with Crippen molar-refractivity contribution in [2.45, 2.75) is 26.3 Å². The number of hydrogen-bond acceptors (Lipinski definition) is 1. The number of nitrogens with one attached hydrogen (secondary N) is 1. The number of anilines is 1. The van der Waals surface area contributed by atoms with E-state index in [1.54, 1.807) is 0 Å². The third-order valence-electron chi connectivity index (χ3n) is 3.08. The van der Waals surface area contributed by atoms with Gasteiger partial charge in [0.15, 0.2) is 0 Å². The Morgan fingerprint density at radius 2 is 1.79 bits per heavy atom. The average Bonchev–Trinajstić information content (AvgIpc) is 2.38. The Hall–Kier alpha value is -0.990. The highest BCUT2D eigenvalue weighted by molar-refractivity contribution is 9.10. The van der Waals surface area contributed by atoms with E-state index in [-0.39, 0.29) is 0 Å². The van der Waals surface area contributed by atoms with Crippen LogP contribution in [0.5, 0.6) is 0 Å². The minimum absolute atomic E-state index is 0.565. The van der Waals surface area contributed by atoms with Crippen LogP contribution in [-0.4, -0.2) is 0 Å². The zero-order valence-electron chi connectivity index (χ0n) is 11.1. The zero-order chi connectivity index (χ0) is 13.8. The minimum atomic E-state index is 0.565. The van der Waals surface area contributed by atoms with E-state index in [1.165, 1.54) is 5.56 Å². The monoisotopic (exact) mass is 337 g/mol. The first kappa shape index (κ1) is 14.4. The first-order valence-corrected chi connectivity index (χ1v) is 7.51. The van der Waals surface area contributed by atoms with Crippen LogP contribution < -0.4 is 5.32 Å². The third-order valence-corrected chi connectivity index (χ3v) is 3.92. The van der Waals surface area contributed by atoms with Gasteiger partial charge in [-0.25, -0.2) is 0 Å². The highest BCUT2D eigenvalue weighted by Gasteiger charge is 2.02. The summed E-state index contributed by atoms with van der Waals surface area (Å²) in [4.78, 5) is 0. The van der Waals surface area contributed by atoms with Crippen LogP contribution in [0.2, 0.25) is 5.02 Å². The van der Waals surface area contributed by atoms with E-state index in [9.17, 15) is 0 Å². The van der Waals surface area contributed by atoms with Gasteiger partial charge >= 0.3 is 0 Å². The quantitative estimate of drug-likeness (QED) is 0.738. The molecule has 2 rings (SSSR count). The van der Waals surface area contributed by atoms with Gasteiger partial charge < -0.3 is 5.32 Å². The van der Waals surface area contributed by atoms with Gasteiger partial charge in [-0.1, -0.05) is 59.6 Å². The molecule has 3 heteroatoms. The first-order valence-electron chi connectivity index (χ1n) is 6.34. The lowest BCUT2D eigenvalue weighted by molar-refractivity contribution is 0.867. The van der Waals surface area contributed by atoms with Gasteiger partial charge in [0.05, 0.1) is 0 Å². The molecular formula is C16H17BrClN. The van der Waals surface area contributed by atoms with E-state index < -0.39 is 0 Å². The molecule has 0 aliphatic carbocycles. The highest BCUT2D eigenvalue weighted by Crippen LogP contribution is 2.23. The predicted octanol–water partition coefficient (Wildman–Crippen LogP) is 5.84. The molecule has 0 heterocycles. The predicted molar refractivity (Wildman–Crippen MR) is 87.0 cm³/mol. The van der Waals surface area contributed by atoms with Crippen LogP contribution in [0.15, 0.2) is 46.9 Å². The van der Waals surface area contributed by atoms with Gasteiger partial charge in [0.1, 0.15) is 0 Å². The van der Waals surface area contributed by atoms with Crippen LogP contribution in [0.25, 0.3) is 0 Å². The van der Waals surface area contributed by atoms with Gasteiger partial charge in [-0.15, -0.1) is 0 Å². The summed E-state index contributed by atoms with van der Waals surface area (Å²) < 4.78 is 1.00. The third kappa shape index (κ3) is 3.99. The van der Waals surface area contributed by atoms with Crippen LogP contribution in [0, 0.1) is 0 Å². The molecule has 1 N–H and O–H groups in total. The second-order valence-electron chi connectivity index (χ2n) is 4.87. The molecular weight excluding hydrogens is 322 g/mol. The molecule has 0 fully saturated rings. The van der Waals surface area contributed by atoms with Crippen molar-refractivity contribution < 1.29 is 0 Å². The average molecular weight is 339 g/mol. The SMILES string of the molecule is CC(C)c1ccc(NCc2ccc(Br)cc2Cl)cc1. The summed E-state index contributed by atoms with van der Waals surface area (Å²) in [6.45, 7) is 5.13. The molecule has 0 amide bonds. The Bertz CT molecular complexity index is 549. The molecule has 0 unspecified atom stereocenters. The number of hydrogen-bond donors (Lipinski definition) is 1. The van der Waals surface area contributed by atoms with E-state index in [4.69, 9.17) is 11.6 Å². The standard InChI is InChI=1S/C16H17BrClN/c1-11(2)12-4-7-15(8-5-12)19-10-13-3-6-14(17)9-16(13)18/h3-9,11,19H,10H2,1-2H3. The van der Waals surface area contributed by atoms with Crippen molar-refractivity contribution in [3.63, 3.8) is 0 Å². The molecule has 0 aliphatic heterocycles. The maximum absolute atomic E-state index is 6.19. The van der Waals surface area contributed by atoms with Crippen molar-refractivity contribution >= 4 is 33.2 Å². The van der Waals surface area contributed by atoms with E-state index in [1.807, 2.05) is 18.2 Å². The Morgan fingerprint density at radius 3 is 2.37 bits per heavy atom. The molecule has 1 nitrogen and oxygen atoms in total. The molecule has 100 valence electrons. The molecule has 0 aliphatic rings. The second kappa shape index (κ2) is 6.44. The molecule has 2 aromatic rings. The fourth-order valence-corrected chi connectivity index (χ4v) is 2.59. The van der Waals surface area contributed by atoms with E-state index in [0.717, 1.165) is 27.3 Å². The van der Waals surface area contributed by atoms with Crippen molar-refractivity contribution in [1.82, 2.24) is 0 Å². The van der Waals surface area contributed by atoms with Crippen molar-refractivity contribution in [1.29, 1.82) is 0 Å². The molecule has 0 saturated carbocycles. The van der Waals surface area contributed by atoms with Gasteiger partial charge in [-0.05, 0) is 41.3 Å². The largest absolute Gasteiger partial charge is 0.381 e. The Morgan fingerprint density at radius 1 is 1.11 bits per heavy atom. The van der Waals surface area contributed by atoms with Crippen LogP contribution in [0.1, 0.15) is 30.9 Å². The molecule has 2 aromatic carbocycles. The Kier molecular flexibility index (Phi) is 4.89. The van der Waals surface area contributed by atoms with Gasteiger partial charge in [-0.3, -0.25) is 0 Å². The zero-order valence-corrected chi connectivity index (χ0v) is 13.4. The van der Waals surface area contributed by atoms with Crippen molar-refractivity contribution in [2.75, 3.05) is 5.32 Å². The van der Waals surface area contributed by atoms with E-state index >= 15 is 0 Å². The first-order chi connectivity index (χ1) is 9.06. The number of halogens is 2. The Labute approximate surface area is 128 Å². The summed E-state index contributed by atoms with van der Waals surface area (Å²) in [5.74, 6) is 0.565. The van der Waals surface area contributed by atoms with Crippen LogP contribution in [0.3, 0.4) is 0 Å². The van der Waals surface area contributed by atoms with Gasteiger partial charge in [0.2, 0.25) is 0 Å². The van der Waals surface area contributed by atoms with Gasteiger partial charge in [0.25, 0.3) is 0 Å². The summed E-state index contributed by atoms with van der Waals surface area (Å²) in [5.41, 5.74) is 3.56. The van der Waals surface area contributed by atoms with E-state index in [2.05, 4.69) is 59.4 Å². The van der Waals surface area contributed by atoms with Gasteiger partial charge in [-0.2, -0.15) is 0 Å². The molecule has 19 heavy (non-hydrogen) atoms. The summed E-state index contributed by atoms with van der Waals surface area (Å²) in [5, 5.41) is 4.17. The molecule has 0 spiro atoms. The fourth-order valence-electron chi connectivity index (χ4n) is 1.85. The Balaban J connectivity index is 2.02. The van der Waals surface area contributed by atoms with Crippen LogP contribution in [0.4, 0.5) is 5.69 Å². The maximum atomic E-state index is 6.19. The normalized spacial score (nSPS) is 10.8. The lowest BCUT2D eigenvalue weighted by Crippen LogP contribution is -2.00. The van der Waals surface area contributed by atoms with Crippen molar-refractivity contribution in [2.24, 2.45) is 0 Å². The maximum Gasteiger partial charge on any atom is 0.0467 e. The lowest BCUT2D eigenvalue weighted by atomic mass is 10.0. The molecule has 0 bridgehead atoms. The van der Waals surface area contributed by atoms with Crippen LogP contribution in [-0.2, 0) is 6.54 Å². The van der Waals surface area contributed by atoms with Crippen molar-refractivity contribution in [3.05, 3.63) is 63.1 Å². The molecule has 0 saturated heterocycles.